The number of benzene rings is 1. The van der Waals surface area contributed by atoms with E-state index in [2.05, 4.69) is 4.98 Å². The zero-order chi connectivity index (χ0) is 15.8. The Bertz CT molecular complexity index is 712. The quantitative estimate of drug-likeness (QED) is 0.866. The Labute approximate surface area is 115 Å². The Balaban J connectivity index is 2.75. The molecular weight excluding hydrogens is 295 g/mol. The van der Waals surface area contributed by atoms with Crippen LogP contribution in [0.15, 0.2) is 30.3 Å². The van der Waals surface area contributed by atoms with Gasteiger partial charge < -0.3 is 5.73 Å². The van der Waals surface area contributed by atoms with E-state index in [1.165, 1.54) is 0 Å². The third-order valence-corrected chi connectivity index (χ3v) is 2.66. The van der Waals surface area contributed by atoms with E-state index in [4.69, 9.17) is 5.73 Å². The van der Waals surface area contributed by atoms with Crippen molar-refractivity contribution in [3.8, 4) is 11.3 Å². The van der Waals surface area contributed by atoms with E-state index in [-0.39, 0.29) is 0 Å². The summed E-state index contributed by atoms with van der Waals surface area (Å²) in [4.78, 5) is 14.4. The van der Waals surface area contributed by atoms with Crippen LogP contribution in [0, 0.1) is 11.6 Å². The second-order valence-electron chi connectivity index (χ2n) is 4.06. The Morgan fingerprint density at radius 3 is 2.33 bits per heavy atom. The molecule has 0 unspecified atom stereocenters. The lowest BCUT2D eigenvalue weighted by molar-refractivity contribution is -0.141. The van der Waals surface area contributed by atoms with Crippen molar-refractivity contribution in [3.05, 3.63) is 53.2 Å². The number of carbonyl (C=O) groups excluding carboxylic acids is 1. The fourth-order valence-corrected chi connectivity index (χ4v) is 1.71. The van der Waals surface area contributed by atoms with Crippen LogP contribution in [0.3, 0.4) is 0 Å². The monoisotopic (exact) mass is 302 g/mol. The molecule has 0 bridgehead atoms. The van der Waals surface area contributed by atoms with E-state index in [1.807, 2.05) is 0 Å². The van der Waals surface area contributed by atoms with Crippen molar-refractivity contribution < 1.29 is 26.7 Å². The molecule has 1 heterocycles. The number of halogens is 5. The molecule has 0 atom stereocenters. The summed E-state index contributed by atoms with van der Waals surface area (Å²) in [5.41, 5.74) is 2.01. The van der Waals surface area contributed by atoms with Crippen LogP contribution in [0.4, 0.5) is 22.0 Å². The van der Waals surface area contributed by atoms with Crippen molar-refractivity contribution in [1.82, 2.24) is 4.98 Å². The number of carbonyl (C=O) groups is 1. The second-order valence-corrected chi connectivity index (χ2v) is 4.06. The van der Waals surface area contributed by atoms with Gasteiger partial charge in [0.05, 0.1) is 11.3 Å². The molecule has 0 saturated carbocycles. The fourth-order valence-electron chi connectivity index (χ4n) is 1.71. The maximum absolute atomic E-state index is 13.7. The van der Waals surface area contributed by atoms with Crippen LogP contribution in [0.1, 0.15) is 16.1 Å². The van der Waals surface area contributed by atoms with E-state index in [1.54, 1.807) is 0 Å². The molecule has 1 aromatic heterocycles. The first-order chi connectivity index (χ1) is 9.71. The molecule has 0 fully saturated rings. The smallest absolute Gasteiger partial charge is 0.366 e. The SMILES string of the molecule is NC(=O)c1ccc(C(F)(F)F)nc1-c1cccc(F)c1F. The highest BCUT2D eigenvalue weighted by Crippen LogP contribution is 2.32. The number of alkyl halides is 3. The summed E-state index contributed by atoms with van der Waals surface area (Å²) in [6, 6.07) is 4.20. The first-order valence-electron chi connectivity index (χ1n) is 5.54. The van der Waals surface area contributed by atoms with E-state index in [0.29, 0.717) is 6.07 Å². The number of nitrogens with two attached hydrogens (primary N) is 1. The lowest BCUT2D eigenvalue weighted by Crippen LogP contribution is -2.16. The summed E-state index contributed by atoms with van der Waals surface area (Å²) in [7, 11) is 0. The molecule has 2 aromatic rings. The molecule has 1 aromatic carbocycles. The molecule has 0 saturated heterocycles. The maximum Gasteiger partial charge on any atom is 0.433 e. The number of hydrogen-bond donors (Lipinski definition) is 1. The molecule has 0 aliphatic heterocycles. The number of nitrogens with zero attached hydrogens (tertiary/aromatic N) is 1. The molecule has 3 nitrogen and oxygen atoms in total. The first-order valence-corrected chi connectivity index (χ1v) is 5.54. The summed E-state index contributed by atoms with van der Waals surface area (Å²) < 4.78 is 64.9. The van der Waals surface area contributed by atoms with Crippen molar-refractivity contribution in [2.24, 2.45) is 5.73 Å². The lowest BCUT2D eigenvalue weighted by Gasteiger charge is -2.11. The van der Waals surface area contributed by atoms with Crippen LogP contribution >= 0.6 is 0 Å². The molecule has 110 valence electrons. The van der Waals surface area contributed by atoms with Gasteiger partial charge in [-0.3, -0.25) is 4.79 Å². The standard InChI is InChI=1S/C13H7F5N2O/c14-8-3-1-2-6(10(8)15)11-7(12(19)21)4-5-9(20-11)13(16,17)18/h1-5H,(H2,19,21). The zero-order valence-corrected chi connectivity index (χ0v) is 10.2. The molecule has 0 aliphatic rings. The highest BCUT2D eigenvalue weighted by molar-refractivity contribution is 5.98. The summed E-state index contributed by atoms with van der Waals surface area (Å²) >= 11 is 0. The summed E-state index contributed by atoms with van der Waals surface area (Å²) in [6.45, 7) is 0. The zero-order valence-electron chi connectivity index (χ0n) is 10.2. The summed E-state index contributed by atoms with van der Waals surface area (Å²) in [5.74, 6) is -3.79. The molecule has 2 rings (SSSR count). The van der Waals surface area contributed by atoms with Crippen molar-refractivity contribution in [2.75, 3.05) is 0 Å². The molecule has 0 radical (unpaired) electrons. The van der Waals surface area contributed by atoms with Gasteiger partial charge in [0.1, 0.15) is 5.69 Å². The number of hydrogen-bond acceptors (Lipinski definition) is 2. The highest BCUT2D eigenvalue weighted by Gasteiger charge is 2.34. The van der Waals surface area contributed by atoms with Gasteiger partial charge in [0, 0.05) is 5.56 Å². The molecular formula is C13H7F5N2O. The number of primary amides is 1. The van der Waals surface area contributed by atoms with E-state index < -0.39 is 46.2 Å². The number of amides is 1. The third-order valence-electron chi connectivity index (χ3n) is 2.66. The van der Waals surface area contributed by atoms with Gasteiger partial charge in [-0.15, -0.1) is 0 Å². The minimum absolute atomic E-state index is 0.438. The molecule has 0 aliphatic carbocycles. The van der Waals surface area contributed by atoms with Gasteiger partial charge >= 0.3 is 6.18 Å². The van der Waals surface area contributed by atoms with Crippen molar-refractivity contribution in [2.45, 2.75) is 6.18 Å². The van der Waals surface area contributed by atoms with Crippen LogP contribution in [-0.2, 0) is 6.18 Å². The van der Waals surface area contributed by atoms with Gasteiger partial charge in [0.25, 0.3) is 5.91 Å². The topological polar surface area (TPSA) is 56.0 Å². The minimum atomic E-state index is -4.80. The van der Waals surface area contributed by atoms with Gasteiger partial charge in [0.2, 0.25) is 0 Å². The first kappa shape index (κ1) is 14.9. The molecule has 1 amide bonds. The minimum Gasteiger partial charge on any atom is -0.366 e. The van der Waals surface area contributed by atoms with Gasteiger partial charge in [-0.1, -0.05) is 6.07 Å². The Hall–Kier alpha value is -2.51. The number of pyridine rings is 1. The maximum atomic E-state index is 13.7. The fraction of sp³-hybridized carbons (Fsp3) is 0.0769. The molecule has 21 heavy (non-hydrogen) atoms. The van der Waals surface area contributed by atoms with Crippen LogP contribution in [0.5, 0.6) is 0 Å². The van der Waals surface area contributed by atoms with Crippen LogP contribution < -0.4 is 5.73 Å². The number of rotatable bonds is 2. The Kier molecular flexibility index (Phi) is 3.63. The second kappa shape index (κ2) is 5.12. The van der Waals surface area contributed by atoms with Crippen molar-refractivity contribution in [1.29, 1.82) is 0 Å². The van der Waals surface area contributed by atoms with Gasteiger partial charge in [-0.2, -0.15) is 13.2 Å². The summed E-state index contributed by atoms with van der Waals surface area (Å²) in [5, 5.41) is 0. The predicted octanol–water partition coefficient (Wildman–Crippen LogP) is 3.14. The van der Waals surface area contributed by atoms with Crippen molar-refractivity contribution >= 4 is 5.91 Å². The summed E-state index contributed by atoms with van der Waals surface area (Å²) in [6.07, 6.45) is -4.80. The molecule has 0 spiro atoms. The average Bonchev–Trinajstić information content (AvgIpc) is 2.40. The van der Waals surface area contributed by atoms with E-state index in [9.17, 15) is 26.7 Å². The van der Waals surface area contributed by atoms with Gasteiger partial charge in [-0.25, -0.2) is 13.8 Å². The largest absolute Gasteiger partial charge is 0.433 e. The Morgan fingerprint density at radius 2 is 1.76 bits per heavy atom. The third kappa shape index (κ3) is 2.83. The highest BCUT2D eigenvalue weighted by atomic mass is 19.4. The van der Waals surface area contributed by atoms with E-state index in [0.717, 1.165) is 24.3 Å². The lowest BCUT2D eigenvalue weighted by atomic mass is 10.0. The molecule has 8 heteroatoms. The molecule has 2 N–H and O–H groups in total. The van der Waals surface area contributed by atoms with Crippen LogP contribution in [0.25, 0.3) is 11.3 Å². The van der Waals surface area contributed by atoms with Gasteiger partial charge in [0.15, 0.2) is 11.6 Å². The van der Waals surface area contributed by atoms with Crippen LogP contribution in [-0.4, -0.2) is 10.9 Å². The van der Waals surface area contributed by atoms with Crippen LogP contribution in [0.2, 0.25) is 0 Å². The number of aromatic nitrogens is 1. The normalized spacial score (nSPS) is 11.5. The van der Waals surface area contributed by atoms with Gasteiger partial charge in [-0.05, 0) is 24.3 Å². The predicted molar refractivity (Wildman–Crippen MR) is 63.1 cm³/mol. The Morgan fingerprint density at radius 1 is 1.10 bits per heavy atom. The van der Waals surface area contributed by atoms with E-state index >= 15 is 0 Å². The average molecular weight is 302 g/mol. The van der Waals surface area contributed by atoms with Crippen molar-refractivity contribution in [3.63, 3.8) is 0 Å².